The average molecular weight is 383 g/mol. The number of carbonyl (C=O) groups excluding carboxylic acids is 2. The van der Waals surface area contributed by atoms with Crippen molar-refractivity contribution in [3.63, 3.8) is 0 Å². The number of benzene rings is 2. The van der Waals surface area contributed by atoms with E-state index in [1.165, 1.54) is 26.4 Å². The molecule has 0 atom stereocenters. The lowest BCUT2D eigenvalue weighted by atomic mass is 10.1. The Hall–Kier alpha value is -3.23. The zero-order valence-corrected chi connectivity index (χ0v) is 14.4. The molecule has 0 aliphatic heterocycles. The highest BCUT2D eigenvalue weighted by atomic mass is 19.4. The number of esters is 1. The third-order valence-electron chi connectivity index (χ3n) is 3.47. The lowest BCUT2D eigenvalue weighted by molar-refractivity contribution is -0.138. The zero-order chi connectivity index (χ0) is 20.0. The molecule has 0 saturated heterocycles. The molecule has 2 aromatic carbocycles. The fourth-order valence-corrected chi connectivity index (χ4v) is 2.22. The third-order valence-corrected chi connectivity index (χ3v) is 3.47. The van der Waals surface area contributed by atoms with Gasteiger partial charge in [-0.05, 0) is 24.3 Å². The molecule has 0 saturated carbocycles. The Balaban J connectivity index is 2.06. The second-order valence-electron chi connectivity index (χ2n) is 5.23. The number of hydrogen-bond acceptors (Lipinski definition) is 5. The Morgan fingerprint density at radius 2 is 1.74 bits per heavy atom. The molecule has 27 heavy (non-hydrogen) atoms. The Morgan fingerprint density at radius 3 is 2.37 bits per heavy atom. The third kappa shape index (κ3) is 5.13. The first-order valence-corrected chi connectivity index (χ1v) is 7.61. The van der Waals surface area contributed by atoms with Crippen molar-refractivity contribution in [1.82, 2.24) is 0 Å². The second kappa shape index (κ2) is 8.43. The minimum absolute atomic E-state index is 0.258. The van der Waals surface area contributed by atoms with E-state index in [1.807, 2.05) is 0 Å². The van der Waals surface area contributed by atoms with Crippen LogP contribution in [0.4, 0.5) is 18.9 Å². The molecule has 0 aliphatic rings. The van der Waals surface area contributed by atoms with Gasteiger partial charge in [-0.2, -0.15) is 13.2 Å². The van der Waals surface area contributed by atoms with E-state index in [9.17, 15) is 22.8 Å². The predicted molar refractivity (Wildman–Crippen MR) is 89.9 cm³/mol. The van der Waals surface area contributed by atoms with Crippen LogP contribution in [0.2, 0.25) is 0 Å². The van der Waals surface area contributed by atoms with E-state index in [4.69, 9.17) is 14.2 Å². The number of anilines is 1. The molecular formula is C18H16F3NO5. The maximum absolute atomic E-state index is 12.9. The van der Waals surface area contributed by atoms with Gasteiger partial charge in [0, 0.05) is 6.07 Å². The smallest absolute Gasteiger partial charge is 0.417 e. The monoisotopic (exact) mass is 383 g/mol. The quantitative estimate of drug-likeness (QED) is 0.773. The highest BCUT2D eigenvalue weighted by Crippen LogP contribution is 2.32. The van der Waals surface area contributed by atoms with E-state index < -0.39 is 35.8 Å². The summed E-state index contributed by atoms with van der Waals surface area (Å²) in [7, 11) is 2.83. The molecule has 2 aromatic rings. The van der Waals surface area contributed by atoms with Crippen molar-refractivity contribution in [2.75, 3.05) is 26.1 Å². The van der Waals surface area contributed by atoms with Crippen LogP contribution in [0, 0.1) is 0 Å². The number of amides is 1. The van der Waals surface area contributed by atoms with Crippen molar-refractivity contribution in [2.45, 2.75) is 6.18 Å². The number of rotatable bonds is 6. The minimum atomic E-state index is -4.72. The molecule has 1 amide bonds. The molecule has 0 unspecified atom stereocenters. The van der Waals surface area contributed by atoms with Gasteiger partial charge in [0.05, 0.1) is 31.0 Å². The predicted octanol–water partition coefficient (Wildman–Crippen LogP) is 3.52. The van der Waals surface area contributed by atoms with Gasteiger partial charge in [-0.25, -0.2) is 4.79 Å². The van der Waals surface area contributed by atoms with Crippen LogP contribution in [-0.4, -0.2) is 32.7 Å². The molecule has 2 rings (SSSR count). The van der Waals surface area contributed by atoms with Gasteiger partial charge in [0.1, 0.15) is 11.5 Å². The van der Waals surface area contributed by atoms with Crippen LogP contribution in [0.3, 0.4) is 0 Å². The highest BCUT2D eigenvalue weighted by molar-refractivity contribution is 5.97. The summed E-state index contributed by atoms with van der Waals surface area (Å²) in [5.74, 6) is -1.23. The first kappa shape index (κ1) is 20.1. The molecule has 1 N–H and O–H groups in total. The summed E-state index contributed by atoms with van der Waals surface area (Å²) in [5, 5.41) is 2.44. The zero-order valence-electron chi connectivity index (χ0n) is 14.4. The second-order valence-corrected chi connectivity index (χ2v) is 5.23. The van der Waals surface area contributed by atoms with Gasteiger partial charge in [-0.15, -0.1) is 0 Å². The van der Waals surface area contributed by atoms with E-state index in [0.29, 0.717) is 11.5 Å². The average Bonchev–Trinajstić information content (AvgIpc) is 2.65. The van der Waals surface area contributed by atoms with Crippen molar-refractivity contribution in [3.05, 3.63) is 53.6 Å². The summed E-state index contributed by atoms with van der Waals surface area (Å²) >= 11 is 0. The normalized spacial score (nSPS) is 10.9. The summed E-state index contributed by atoms with van der Waals surface area (Å²) in [5.41, 5.74) is -1.55. The molecule has 0 aliphatic carbocycles. The molecule has 0 radical (unpaired) electrons. The van der Waals surface area contributed by atoms with E-state index >= 15 is 0 Å². The first-order valence-electron chi connectivity index (χ1n) is 7.61. The summed E-state index contributed by atoms with van der Waals surface area (Å²) in [6.07, 6.45) is -4.72. The summed E-state index contributed by atoms with van der Waals surface area (Å²) in [6.45, 7) is -0.772. The van der Waals surface area contributed by atoms with Gasteiger partial charge in [-0.3, -0.25) is 4.79 Å². The SMILES string of the molecule is COc1ccc(OC)c(NC(=O)COC(=O)c2ccccc2C(F)(F)F)c1. The first-order chi connectivity index (χ1) is 12.8. The van der Waals surface area contributed by atoms with Crippen molar-refractivity contribution < 1.29 is 37.0 Å². The van der Waals surface area contributed by atoms with Crippen LogP contribution < -0.4 is 14.8 Å². The lowest BCUT2D eigenvalue weighted by Gasteiger charge is -2.13. The number of hydrogen-bond donors (Lipinski definition) is 1. The maximum atomic E-state index is 12.9. The molecular weight excluding hydrogens is 367 g/mol. The Kier molecular flexibility index (Phi) is 6.27. The van der Waals surface area contributed by atoms with Gasteiger partial charge >= 0.3 is 12.1 Å². The maximum Gasteiger partial charge on any atom is 0.417 e. The molecule has 0 heterocycles. The highest BCUT2D eigenvalue weighted by Gasteiger charge is 2.35. The fraction of sp³-hybridized carbons (Fsp3) is 0.222. The summed E-state index contributed by atoms with van der Waals surface area (Å²) < 4.78 is 53.6. The Labute approximate surface area is 152 Å². The molecule has 0 aromatic heterocycles. The fourth-order valence-electron chi connectivity index (χ4n) is 2.22. The van der Waals surface area contributed by atoms with E-state index in [2.05, 4.69) is 5.32 Å². The van der Waals surface area contributed by atoms with Crippen LogP contribution in [-0.2, 0) is 15.7 Å². The van der Waals surface area contributed by atoms with Crippen LogP contribution in [0.1, 0.15) is 15.9 Å². The van der Waals surface area contributed by atoms with Crippen molar-refractivity contribution in [1.29, 1.82) is 0 Å². The summed E-state index contributed by atoms with van der Waals surface area (Å²) in [4.78, 5) is 23.9. The van der Waals surface area contributed by atoms with E-state index in [0.717, 1.165) is 18.2 Å². The van der Waals surface area contributed by atoms with Gasteiger partial charge in [-0.1, -0.05) is 12.1 Å². The summed E-state index contributed by atoms with van der Waals surface area (Å²) in [6, 6.07) is 8.82. The standard InChI is InChI=1S/C18H16F3NO5/c1-25-11-7-8-15(26-2)14(9-11)22-16(23)10-27-17(24)12-5-3-4-6-13(12)18(19,20)21/h3-9H,10H2,1-2H3,(H,22,23). The van der Waals surface area contributed by atoms with Crippen LogP contribution >= 0.6 is 0 Å². The largest absolute Gasteiger partial charge is 0.497 e. The van der Waals surface area contributed by atoms with Crippen LogP contribution in [0.5, 0.6) is 11.5 Å². The number of ether oxygens (including phenoxy) is 3. The molecule has 144 valence electrons. The lowest BCUT2D eigenvalue weighted by Crippen LogP contribution is -2.22. The topological polar surface area (TPSA) is 73.9 Å². The minimum Gasteiger partial charge on any atom is -0.497 e. The molecule has 6 nitrogen and oxygen atoms in total. The van der Waals surface area contributed by atoms with Crippen molar-refractivity contribution >= 4 is 17.6 Å². The van der Waals surface area contributed by atoms with E-state index in [1.54, 1.807) is 12.1 Å². The van der Waals surface area contributed by atoms with Crippen molar-refractivity contribution in [2.24, 2.45) is 0 Å². The Morgan fingerprint density at radius 1 is 1.04 bits per heavy atom. The number of alkyl halides is 3. The Bertz CT molecular complexity index is 836. The molecule has 0 spiro atoms. The molecule has 0 fully saturated rings. The van der Waals surface area contributed by atoms with Gasteiger partial charge in [0.25, 0.3) is 5.91 Å². The molecule has 0 bridgehead atoms. The van der Waals surface area contributed by atoms with Gasteiger partial charge in [0.15, 0.2) is 6.61 Å². The number of halogens is 3. The van der Waals surface area contributed by atoms with Gasteiger partial charge < -0.3 is 19.5 Å². The van der Waals surface area contributed by atoms with Crippen LogP contribution in [0.15, 0.2) is 42.5 Å². The number of methoxy groups -OCH3 is 2. The number of carbonyl (C=O) groups is 2. The van der Waals surface area contributed by atoms with Gasteiger partial charge in [0.2, 0.25) is 0 Å². The number of nitrogens with one attached hydrogen (secondary N) is 1. The van der Waals surface area contributed by atoms with Crippen molar-refractivity contribution in [3.8, 4) is 11.5 Å². The van der Waals surface area contributed by atoms with E-state index in [-0.39, 0.29) is 5.69 Å². The molecule has 9 heteroatoms. The van der Waals surface area contributed by atoms with Crippen LogP contribution in [0.25, 0.3) is 0 Å².